The summed E-state index contributed by atoms with van der Waals surface area (Å²) in [6, 6.07) is 0. The number of carboxylic acid groups (broad SMARTS) is 1. The molecule has 0 aliphatic heterocycles. The summed E-state index contributed by atoms with van der Waals surface area (Å²) in [5.41, 5.74) is 0. The topological polar surface area (TPSA) is 63.6 Å². The second-order valence-corrected chi connectivity index (χ2v) is 10.1. The van der Waals surface area contributed by atoms with E-state index in [0.717, 1.165) is 32.1 Å². The molecule has 0 saturated carbocycles. The lowest BCUT2D eigenvalue weighted by atomic mass is 9.95. The first-order chi connectivity index (χ1) is 16.0. The Hall–Kier alpha value is -1.06. The standard InChI is InChI=1S/C29H56O4/c1-4-7-21-27(6-3)25-33-29(32)23-20-18-16-14-12-10-8-9-11-13-15-17-19-22-26(5-2)24-28(30)31/h26-27H,4-25H2,1-3H3,(H,30,31). The van der Waals surface area contributed by atoms with Crippen molar-refractivity contribution in [2.24, 2.45) is 11.8 Å². The maximum absolute atomic E-state index is 11.9. The molecule has 0 rings (SSSR count). The maximum atomic E-state index is 11.9. The summed E-state index contributed by atoms with van der Waals surface area (Å²) < 4.78 is 5.47. The summed E-state index contributed by atoms with van der Waals surface area (Å²) in [4.78, 5) is 22.7. The van der Waals surface area contributed by atoms with Gasteiger partial charge in [-0.2, -0.15) is 0 Å². The van der Waals surface area contributed by atoms with Crippen molar-refractivity contribution in [1.82, 2.24) is 0 Å². The molecule has 0 saturated heterocycles. The van der Waals surface area contributed by atoms with Gasteiger partial charge in [0.05, 0.1) is 6.61 Å². The Labute approximate surface area is 205 Å². The molecule has 0 aromatic rings. The summed E-state index contributed by atoms with van der Waals surface area (Å²) in [6.45, 7) is 7.10. The Kier molecular flexibility index (Phi) is 23.3. The van der Waals surface area contributed by atoms with E-state index in [0.29, 0.717) is 31.3 Å². The van der Waals surface area contributed by atoms with Crippen LogP contribution in [0.2, 0.25) is 0 Å². The molecule has 0 aromatic carbocycles. The van der Waals surface area contributed by atoms with Crippen LogP contribution in [-0.4, -0.2) is 23.7 Å². The highest BCUT2D eigenvalue weighted by Gasteiger charge is 2.11. The van der Waals surface area contributed by atoms with Gasteiger partial charge in [-0.25, -0.2) is 0 Å². The fourth-order valence-electron chi connectivity index (χ4n) is 4.53. The highest BCUT2D eigenvalue weighted by atomic mass is 16.5. The molecule has 0 spiro atoms. The SMILES string of the molecule is CCCCC(CC)COC(=O)CCCCCCCCCCCCCCCC(CC)CC(=O)O. The number of rotatable bonds is 25. The molecule has 4 heteroatoms. The first kappa shape index (κ1) is 31.9. The fourth-order valence-corrected chi connectivity index (χ4v) is 4.53. The smallest absolute Gasteiger partial charge is 0.305 e. The maximum Gasteiger partial charge on any atom is 0.305 e. The number of esters is 1. The van der Waals surface area contributed by atoms with Crippen molar-refractivity contribution in [3.05, 3.63) is 0 Å². The van der Waals surface area contributed by atoms with Crippen LogP contribution in [0, 0.1) is 11.8 Å². The van der Waals surface area contributed by atoms with E-state index in [9.17, 15) is 9.59 Å². The minimum absolute atomic E-state index is 0.00427. The van der Waals surface area contributed by atoms with Gasteiger partial charge in [-0.3, -0.25) is 9.59 Å². The van der Waals surface area contributed by atoms with Gasteiger partial charge >= 0.3 is 11.9 Å². The van der Waals surface area contributed by atoms with Crippen molar-refractivity contribution in [2.45, 2.75) is 156 Å². The number of carbonyl (C=O) groups excluding carboxylic acids is 1. The molecular formula is C29H56O4. The van der Waals surface area contributed by atoms with Crippen molar-refractivity contribution in [3.8, 4) is 0 Å². The van der Waals surface area contributed by atoms with Crippen LogP contribution in [0.3, 0.4) is 0 Å². The first-order valence-corrected chi connectivity index (χ1v) is 14.4. The van der Waals surface area contributed by atoms with Crippen LogP contribution < -0.4 is 0 Å². The van der Waals surface area contributed by atoms with Crippen LogP contribution in [0.4, 0.5) is 0 Å². The van der Waals surface area contributed by atoms with Gasteiger partial charge in [0.1, 0.15) is 0 Å². The molecule has 0 heterocycles. The molecule has 196 valence electrons. The van der Waals surface area contributed by atoms with Gasteiger partial charge in [-0.15, -0.1) is 0 Å². The average Bonchev–Trinajstić information content (AvgIpc) is 2.80. The van der Waals surface area contributed by atoms with E-state index in [1.807, 2.05) is 0 Å². The summed E-state index contributed by atoms with van der Waals surface area (Å²) in [5, 5.41) is 8.89. The van der Waals surface area contributed by atoms with Gasteiger partial charge in [0.15, 0.2) is 0 Å². The van der Waals surface area contributed by atoms with Gasteiger partial charge in [0.2, 0.25) is 0 Å². The third kappa shape index (κ3) is 22.5. The van der Waals surface area contributed by atoms with E-state index in [1.54, 1.807) is 0 Å². The van der Waals surface area contributed by atoms with E-state index in [1.165, 1.54) is 89.9 Å². The first-order valence-electron chi connectivity index (χ1n) is 14.4. The number of aliphatic carboxylic acids is 1. The van der Waals surface area contributed by atoms with Crippen LogP contribution in [0.5, 0.6) is 0 Å². The molecule has 33 heavy (non-hydrogen) atoms. The number of ether oxygens (including phenoxy) is 1. The van der Waals surface area contributed by atoms with Crippen molar-refractivity contribution in [3.63, 3.8) is 0 Å². The highest BCUT2D eigenvalue weighted by molar-refractivity contribution is 5.69. The second-order valence-electron chi connectivity index (χ2n) is 10.1. The molecule has 0 aliphatic carbocycles. The summed E-state index contributed by atoms with van der Waals surface area (Å²) in [7, 11) is 0. The van der Waals surface area contributed by atoms with Crippen LogP contribution in [0.1, 0.15) is 156 Å². The summed E-state index contributed by atoms with van der Waals surface area (Å²) >= 11 is 0. The van der Waals surface area contributed by atoms with Crippen LogP contribution >= 0.6 is 0 Å². The molecule has 4 nitrogen and oxygen atoms in total. The van der Waals surface area contributed by atoms with Crippen molar-refractivity contribution >= 4 is 11.9 Å². The lowest BCUT2D eigenvalue weighted by Gasteiger charge is -2.14. The summed E-state index contributed by atoms with van der Waals surface area (Å²) in [6.07, 6.45) is 24.1. The zero-order valence-electron chi connectivity index (χ0n) is 22.4. The monoisotopic (exact) mass is 468 g/mol. The second kappa shape index (κ2) is 24.1. The van der Waals surface area contributed by atoms with Gasteiger partial charge in [-0.05, 0) is 31.1 Å². The van der Waals surface area contributed by atoms with Gasteiger partial charge in [0, 0.05) is 12.8 Å². The van der Waals surface area contributed by atoms with Crippen LogP contribution in [-0.2, 0) is 14.3 Å². The van der Waals surface area contributed by atoms with Crippen molar-refractivity contribution < 1.29 is 19.4 Å². The molecule has 0 aromatic heterocycles. The largest absolute Gasteiger partial charge is 0.481 e. The third-order valence-electron chi connectivity index (χ3n) is 7.06. The predicted octanol–water partition coefficient (Wildman–Crippen LogP) is 9.10. The quantitative estimate of drug-likeness (QED) is 0.107. The lowest BCUT2D eigenvalue weighted by molar-refractivity contribution is -0.145. The highest BCUT2D eigenvalue weighted by Crippen LogP contribution is 2.19. The Morgan fingerprint density at radius 1 is 0.636 bits per heavy atom. The van der Waals surface area contributed by atoms with E-state index < -0.39 is 5.97 Å². The number of carboxylic acids is 1. The molecule has 0 radical (unpaired) electrons. The van der Waals surface area contributed by atoms with Crippen LogP contribution in [0.25, 0.3) is 0 Å². The average molecular weight is 469 g/mol. The van der Waals surface area contributed by atoms with E-state index >= 15 is 0 Å². The summed E-state index contributed by atoms with van der Waals surface area (Å²) in [5.74, 6) is 0.249. The third-order valence-corrected chi connectivity index (χ3v) is 7.06. The molecule has 1 N–H and O–H groups in total. The molecule has 0 amide bonds. The Balaban J connectivity index is 3.35. The fraction of sp³-hybridized carbons (Fsp3) is 0.931. The molecule has 0 fully saturated rings. The Morgan fingerprint density at radius 2 is 1.09 bits per heavy atom. The normalized spacial score (nSPS) is 13.1. The molecule has 2 unspecified atom stereocenters. The molecule has 0 aliphatic rings. The zero-order chi connectivity index (χ0) is 24.6. The molecular weight excluding hydrogens is 412 g/mol. The van der Waals surface area contributed by atoms with E-state index in [4.69, 9.17) is 9.84 Å². The van der Waals surface area contributed by atoms with Crippen molar-refractivity contribution in [2.75, 3.05) is 6.61 Å². The number of hydrogen-bond acceptors (Lipinski definition) is 3. The van der Waals surface area contributed by atoms with Crippen molar-refractivity contribution in [1.29, 1.82) is 0 Å². The van der Waals surface area contributed by atoms with E-state index in [2.05, 4.69) is 20.8 Å². The van der Waals surface area contributed by atoms with E-state index in [-0.39, 0.29) is 5.97 Å². The lowest BCUT2D eigenvalue weighted by Crippen LogP contribution is -2.13. The van der Waals surface area contributed by atoms with Crippen LogP contribution in [0.15, 0.2) is 0 Å². The minimum Gasteiger partial charge on any atom is -0.481 e. The number of unbranched alkanes of at least 4 members (excludes halogenated alkanes) is 13. The Bertz CT molecular complexity index is 449. The van der Waals surface area contributed by atoms with Gasteiger partial charge < -0.3 is 9.84 Å². The van der Waals surface area contributed by atoms with Gasteiger partial charge in [0.25, 0.3) is 0 Å². The minimum atomic E-state index is -0.653. The predicted molar refractivity (Wildman–Crippen MR) is 140 cm³/mol. The number of hydrogen-bond donors (Lipinski definition) is 1. The Morgan fingerprint density at radius 3 is 1.55 bits per heavy atom. The molecule has 0 bridgehead atoms. The molecule has 2 atom stereocenters. The van der Waals surface area contributed by atoms with Gasteiger partial charge in [-0.1, -0.05) is 124 Å². The zero-order valence-corrected chi connectivity index (χ0v) is 22.4. The number of carbonyl (C=O) groups is 2.